The second-order valence-electron chi connectivity index (χ2n) is 7.31. The number of rotatable bonds is 7. The van der Waals surface area contributed by atoms with Crippen LogP contribution in [0.1, 0.15) is 43.8 Å². The monoisotopic (exact) mass is 380 g/mol. The number of likely N-dealkylation sites (tertiary alicyclic amines) is 1. The van der Waals surface area contributed by atoms with E-state index in [4.69, 9.17) is 4.74 Å². The summed E-state index contributed by atoms with van der Waals surface area (Å²) in [6.45, 7) is 0.0896. The van der Waals surface area contributed by atoms with E-state index >= 15 is 0 Å². The number of nitrogens with one attached hydrogen (secondary N) is 1. The maximum Gasteiger partial charge on any atom is 0.408 e. The van der Waals surface area contributed by atoms with Gasteiger partial charge in [-0.25, -0.2) is 9.18 Å². The number of hydrogen-bond acceptors (Lipinski definition) is 4. The van der Waals surface area contributed by atoms with Crippen molar-refractivity contribution < 1.29 is 28.9 Å². The Morgan fingerprint density at radius 1 is 1.41 bits per heavy atom. The van der Waals surface area contributed by atoms with Crippen LogP contribution in [0.4, 0.5) is 14.9 Å². The number of aliphatic hydroxyl groups is 1. The Hall–Kier alpha value is -2.19. The first-order valence-corrected chi connectivity index (χ1v) is 9.19. The largest absolute Gasteiger partial charge is 0.465 e. The minimum atomic E-state index is -1.22. The van der Waals surface area contributed by atoms with Gasteiger partial charge >= 0.3 is 6.09 Å². The van der Waals surface area contributed by atoms with Gasteiger partial charge in [0.2, 0.25) is 5.91 Å². The van der Waals surface area contributed by atoms with Gasteiger partial charge in [-0.3, -0.25) is 9.69 Å². The first kappa shape index (κ1) is 19.6. The highest BCUT2D eigenvalue weighted by Gasteiger charge is 2.40. The molecule has 7 nitrogen and oxygen atoms in total. The van der Waals surface area contributed by atoms with Gasteiger partial charge in [-0.15, -0.1) is 0 Å². The second-order valence-corrected chi connectivity index (χ2v) is 7.31. The number of carbonyl (C=O) groups is 2. The summed E-state index contributed by atoms with van der Waals surface area (Å²) < 4.78 is 19.3. The first-order valence-electron chi connectivity index (χ1n) is 9.19. The second kappa shape index (κ2) is 8.22. The number of halogens is 1. The number of hydrogen-bond donors (Lipinski definition) is 3. The van der Waals surface area contributed by atoms with Crippen LogP contribution in [0.5, 0.6) is 0 Å². The smallest absolute Gasteiger partial charge is 0.408 e. The van der Waals surface area contributed by atoms with E-state index in [1.807, 2.05) is 0 Å². The van der Waals surface area contributed by atoms with Crippen molar-refractivity contribution in [3.63, 3.8) is 0 Å². The van der Waals surface area contributed by atoms with E-state index in [1.165, 1.54) is 38.2 Å². The molecule has 3 rings (SSSR count). The topological polar surface area (TPSA) is 99.1 Å². The van der Waals surface area contributed by atoms with Crippen LogP contribution in [0.15, 0.2) is 18.2 Å². The lowest BCUT2D eigenvalue weighted by Crippen LogP contribution is -2.42. The standard InChI is InChI=1S/C19H25FN2O5/c1-27-13-9-16(22(10-13)19(25)26)18(24)21-15-8-12(5-6-14(15)20)17(23)7-4-11-2-3-11/h5-6,8,11,13,16-17,23H,2-4,7,9-10H2,1H3,(H,21,24)(H,25,26)/t13-,16-,17?/m1/s1. The third-order valence-electron chi connectivity index (χ3n) is 5.32. The van der Waals surface area contributed by atoms with Gasteiger partial charge in [0.25, 0.3) is 0 Å². The normalized spacial score (nSPS) is 23.3. The quantitative estimate of drug-likeness (QED) is 0.676. The fourth-order valence-electron chi connectivity index (χ4n) is 3.46. The number of amides is 2. The Labute approximate surface area is 157 Å². The molecule has 1 saturated carbocycles. The van der Waals surface area contributed by atoms with Crippen molar-refractivity contribution in [3.8, 4) is 0 Å². The van der Waals surface area contributed by atoms with Crippen molar-refractivity contribution in [3.05, 3.63) is 29.6 Å². The number of benzene rings is 1. The van der Waals surface area contributed by atoms with Crippen LogP contribution in [-0.2, 0) is 9.53 Å². The van der Waals surface area contributed by atoms with Gasteiger partial charge in [0.15, 0.2) is 0 Å². The highest BCUT2D eigenvalue weighted by Crippen LogP contribution is 2.36. The number of anilines is 1. The van der Waals surface area contributed by atoms with Crippen molar-refractivity contribution >= 4 is 17.7 Å². The lowest BCUT2D eigenvalue weighted by molar-refractivity contribution is -0.120. The van der Waals surface area contributed by atoms with Crippen molar-refractivity contribution in [1.82, 2.24) is 4.90 Å². The van der Waals surface area contributed by atoms with E-state index in [1.54, 1.807) is 0 Å². The zero-order valence-corrected chi connectivity index (χ0v) is 15.2. The molecule has 1 aliphatic carbocycles. The van der Waals surface area contributed by atoms with E-state index in [0.29, 0.717) is 17.9 Å². The predicted octanol–water partition coefficient (Wildman–Crippen LogP) is 2.76. The minimum absolute atomic E-state index is 0.0609. The average molecular weight is 380 g/mol. The molecule has 0 aromatic heterocycles. The van der Waals surface area contributed by atoms with Crippen LogP contribution >= 0.6 is 0 Å². The van der Waals surface area contributed by atoms with Crippen LogP contribution < -0.4 is 5.32 Å². The van der Waals surface area contributed by atoms with Gasteiger partial charge in [-0.1, -0.05) is 18.9 Å². The van der Waals surface area contributed by atoms with E-state index < -0.39 is 30.0 Å². The van der Waals surface area contributed by atoms with Gasteiger partial charge in [-0.05, 0) is 36.5 Å². The van der Waals surface area contributed by atoms with Gasteiger partial charge in [0.05, 0.1) is 24.4 Å². The molecule has 1 aliphatic heterocycles. The van der Waals surface area contributed by atoms with Crippen LogP contribution in [0.2, 0.25) is 0 Å². The third kappa shape index (κ3) is 4.75. The highest BCUT2D eigenvalue weighted by molar-refractivity contribution is 5.97. The SMILES string of the molecule is CO[C@@H]1C[C@H](C(=O)Nc2cc(C(O)CCC3CC3)ccc2F)N(C(=O)O)C1. The zero-order valence-electron chi connectivity index (χ0n) is 15.2. The molecule has 1 saturated heterocycles. The number of aliphatic hydroxyl groups excluding tert-OH is 1. The molecule has 8 heteroatoms. The number of methoxy groups -OCH3 is 1. The Balaban J connectivity index is 1.69. The molecule has 0 bridgehead atoms. The summed E-state index contributed by atoms with van der Waals surface area (Å²) in [7, 11) is 1.46. The predicted molar refractivity (Wildman–Crippen MR) is 95.9 cm³/mol. The first-order chi connectivity index (χ1) is 12.9. The number of ether oxygens (including phenoxy) is 1. The van der Waals surface area contributed by atoms with Crippen LogP contribution in [-0.4, -0.2) is 52.9 Å². The molecule has 27 heavy (non-hydrogen) atoms. The van der Waals surface area contributed by atoms with Crippen LogP contribution in [0, 0.1) is 11.7 Å². The molecular weight excluding hydrogens is 355 g/mol. The van der Waals surface area contributed by atoms with E-state index in [9.17, 15) is 24.2 Å². The molecule has 148 valence electrons. The minimum Gasteiger partial charge on any atom is -0.465 e. The van der Waals surface area contributed by atoms with Gasteiger partial charge < -0.3 is 20.3 Å². The summed E-state index contributed by atoms with van der Waals surface area (Å²) in [5.74, 6) is -0.567. The molecule has 0 spiro atoms. The molecule has 2 amide bonds. The molecule has 0 radical (unpaired) electrons. The fraction of sp³-hybridized carbons (Fsp3) is 0.579. The summed E-state index contributed by atoms with van der Waals surface area (Å²) in [6.07, 6.45) is 1.80. The fourth-order valence-corrected chi connectivity index (χ4v) is 3.46. The van der Waals surface area contributed by atoms with Crippen LogP contribution in [0.25, 0.3) is 0 Å². The summed E-state index contributed by atoms with van der Waals surface area (Å²) in [5, 5.41) is 22.0. The maximum absolute atomic E-state index is 14.2. The molecule has 3 N–H and O–H groups in total. The summed E-state index contributed by atoms with van der Waals surface area (Å²) in [6, 6.07) is 3.17. The Bertz CT molecular complexity index is 709. The third-order valence-corrected chi connectivity index (χ3v) is 5.32. The molecule has 1 unspecified atom stereocenters. The molecule has 3 atom stereocenters. The summed E-state index contributed by atoms with van der Waals surface area (Å²) in [4.78, 5) is 24.9. The maximum atomic E-state index is 14.2. The lowest BCUT2D eigenvalue weighted by Gasteiger charge is -2.21. The summed E-state index contributed by atoms with van der Waals surface area (Å²) in [5.41, 5.74) is 0.470. The molecule has 1 heterocycles. The molecule has 2 aliphatic rings. The Morgan fingerprint density at radius 2 is 2.15 bits per heavy atom. The van der Waals surface area contributed by atoms with Crippen molar-refractivity contribution in [2.75, 3.05) is 19.0 Å². The van der Waals surface area contributed by atoms with Gasteiger partial charge in [0.1, 0.15) is 11.9 Å². The van der Waals surface area contributed by atoms with Crippen LogP contribution in [0.3, 0.4) is 0 Å². The van der Waals surface area contributed by atoms with Crippen molar-refractivity contribution in [1.29, 1.82) is 0 Å². The zero-order chi connectivity index (χ0) is 19.6. The van der Waals surface area contributed by atoms with E-state index in [0.717, 1.165) is 11.3 Å². The molecular formula is C19H25FN2O5. The number of carbonyl (C=O) groups excluding carboxylic acids is 1. The Kier molecular flexibility index (Phi) is 5.96. The molecule has 1 aromatic rings. The Morgan fingerprint density at radius 3 is 2.78 bits per heavy atom. The van der Waals surface area contributed by atoms with E-state index in [2.05, 4.69) is 5.32 Å². The average Bonchev–Trinajstić information content (AvgIpc) is 3.36. The lowest BCUT2D eigenvalue weighted by atomic mass is 10.0. The van der Waals surface area contributed by atoms with Crippen molar-refractivity contribution in [2.45, 2.75) is 50.4 Å². The highest BCUT2D eigenvalue weighted by atomic mass is 19.1. The number of nitrogens with zero attached hydrogens (tertiary/aromatic N) is 1. The molecule has 1 aromatic carbocycles. The number of carboxylic acid groups (broad SMARTS) is 1. The van der Waals surface area contributed by atoms with Crippen molar-refractivity contribution in [2.24, 2.45) is 5.92 Å². The van der Waals surface area contributed by atoms with Gasteiger partial charge in [-0.2, -0.15) is 0 Å². The van der Waals surface area contributed by atoms with E-state index in [-0.39, 0.29) is 24.8 Å². The van der Waals surface area contributed by atoms with Gasteiger partial charge in [0, 0.05) is 13.5 Å². The molecule has 2 fully saturated rings. The summed E-state index contributed by atoms with van der Waals surface area (Å²) >= 11 is 0.